The van der Waals surface area contributed by atoms with Crippen LogP contribution >= 0.6 is 0 Å². The van der Waals surface area contributed by atoms with Crippen LogP contribution in [0.2, 0.25) is 0 Å². The molecule has 90 valence electrons. The quantitative estimate of drug-likeness (QED) is 0.543. The number of nitrogens with zero attached hydrogens (tertiary/aromatic N) is 1. The average Bonchev–Trinajstić information content (AvgIpc) is 2.28. The molecule has 0 bridgehead atoms. The summed E-state index contributed by atoms with van der Waals surface area (Å²) in [5.74, 6) is -0.471. The maximum absolute atomic E-state index is 12.7. The molecule has 0 fully saturated rings. The lowest BCUT2D eigenvalue weighted by Gasteiger charge is -2.06. The summed E-state index contributed by atoms with van der Waals surface area (Å²) in [6.07, 6.45) is 2.31. The third-order valence-electron chi connectivity index (χ3n) is 1.95. The van der Waals surface area contributed by atoms with Gasteiger partial charge in [-0.15, -0.1) is 0 Å². The Morgan fingerprint density at radius 1 is 1.38 bits per heavy atom. The van der Waals surface area contributed by atoms with Gasteiger partial charge in [-0.2, -0.15) is 4.39 Å². The molecule has 16 heavy (non-hydrogen) atoms. The molecule has 5 heteroatoms. The van der Waals surface area contributed by atoms with Crippen LogP contribution < -0.4 is 5.32 Å². The van der Waals surface area contributed by atoms with Crippen molar-refractivity contribution >= 4 is 5.69 Å². The molecular formula is C11H17FN2O2. The molecule has 0 aliphatic heterocycles. The Kier molecular flexibility index (Phi) is 6.44. The standard InChI is InChI=1S/C11H17FN2O2/c1-15-7-8-16-6-2-4-13-10-3-5-14-11(12)9-10/h3,5,9H,2,4,6-8H2,1H3,(H,13,14). The Balaban J connectivity index is 2.03. The summed E-state index contributed by atoms with van der Waals surface area (Å²) in [6, 6.07) is 3.10. The number of hydrogen-bond acceptors (Lipinski definition) is 4. The first-order valence-electron chi connectivity index (χ1n) is 5.25. The highest BCUT2D eigenvalue weighted by atomic mass is 19.1. The highest BCUT2D eigenvalue weighted by Gasteiger charge is 1.95. The maximum atomic E-state index is 12.7. The molecule has 0 amide bonds. The summed E-state index contributed by atoms with van der Waals surface area (Å²) in [6.45, 7) is 2.64. The van der Waals surface area contributed by atoms with E-state index < -0.39 is 5.95 Å². The lowest BCUT2D eigenvalue weighted by molar-refractivity contribution is 0.0705. The first kappa shape index (κ1) is 12.9. The van der Waals surface area contributed by atoms with Crippen LogP contribution in [0.1, 0.15) is 6.42 Å². The fraction of sp³-hybridized carbons (Fsp3) is 0.545. The summed E-state index contributed by atoms with van der Waals surface area (Å²) < 4.78 is 22.8. The molecule has 1 aromatic heterocycles. The molecular weight excluding hydrogens is 211 g/mol. The van der Waals surface area contributed by atoms with Gasteiger partial charge < -0.3 is 14.8 Å². The Morgan fingerprint density at radius 2 is 2.25 bits per heavy atom. The smallest absolute Gasteiger partial charge is 0.214 e. The van der Waals surface area contributed by atoms with Gasteiger partial charge in [0.2, 0.25) is 5.95 Å². The van der Waals surface area contributed by atoms with Crippen molar-refractivity contribution in [1.29, 1.82) is 0 Å². The van der Waals surface area contributed by atoms with Crippen LogP contribution in [0.15, 0.2) is 18.3 Å². The Labute approximate surface area is 94.8 Å². The summed E-state index contributed by atoms with van der Waals surface area (Å²) in [4.78, 5) is 3.47. The first-order chi connectivity index (χ1) is 7.83. The summed E-state index contributed by atoms with van der Waals surface area (Å²) >= 11 is 0. The van der Waals surface area contributed by atoms with Crippen molar-refractivity contribution in [2.75, 3.05) is 38.8 Å². The van der Waals surface area contributed by atoms with Crippen molar-refractivity contribution in [3.8, 4) is 0 Å². The van der Waals surface area contributed by atoms with E-state index in [9.17, 15) is 4.39 Å². The second kappa shape index (κ2) is 8.01. The second-order valence-corrected chi connectivity index (χ2v) is 3.25. The number of rotatable bonds is 8. The van der Waals surface area contributed by atoms with Gasteiger partial charge in [0.05, 0.1) is 13.2 Å². The highest BCUT2D eigenvalue weighted by Crippen LogP contribution is 2.06. The van der Waals surface area contributed by atoms with Crippen molar-refractivity contribution in [2.24, 2.45) is 0 Å². The number of halogens is 1. The maximum Gasteiger partial charge on any atom is 0.214 e. The molecule has 1 heterocycles. The van der Waals surface area contributed by atoms with E-state index in [1.807, 2.05) is 0 Å². The number of anilines is 1. The lowest BCUT2D eigenvalue weighted by atomic mass is 10.3. The van der Waals surface area contributed by atoms with E-state index >= 15 is 0 Å². The van der Waals surface area contributed by atoms with Crippen LogP contribution in [-0.2, 0) is 9.47 Å². The molecule has 0 atom stereocenters. The van der Waals surface area contributed by atoms with Gasteiger partial charge in [0.25, 0.3) is 0 Å². The van der Waals surface area contributed by atoms with Crippen molar-refractivity contribution in [1.82, 2.24) is 4.98 Å². The van der Waals surface area contributed by atoms with Crippen LogP contribution in [-0.4, -0.2) is 38.5 Å². The van der Waals surface area contributed by atoms with Gasteiger partial charge in [-0.1, -0.05) is 0 Å². The molecule has 0 radical (unpaired) electrons. The van der Waals surface area contributed by atoms with E-state index in [-0.39, 0.29) is 0 Å². The zero-order chi connectivity index (χ0) is 11.6. The van der Waals surface area contributed by atoms with Crippen LogP contribution in [0.4, 0.5) is 10.1 Å². The van der Waals surface area contributed by atoms with Gasteiger partial charge in [0.15, 0.2) is 0 Å². The number of pyridine rings is 1. The van der Waals surface area contributed by atoms with Crippen molar-refractivity contribution in [3.63, 3.8) is 0 Å². The van der Waals surface area contributed by atoms with Crippen molar-refractivity contribution in [3.05, 3.63) is 24.3 Å². The zero-order valence-corrected chi connectivity index (χ0v) is 9.41. The van der Waals surface area contributed by atoms with E-state index in [0.717, 1.165) is 18.7 Å². The van der Waals surface area contributed by atoms with E-state index in [1.165, 1.54) is 12.3 Å². The minimum atomic E-state index is -0.471. The number of aromatic nitrogens is 1. The van der Waals surface area contributed by atoms with E-state index in [2.05, 4.69) is 10.3 Å². The van der Waals surface area contributed by atoms with Gasteiger partial charge in [-0.3, -0.25) is 0 Å². The highest BCUT2D eigenvalue weighted by molar-refractivity contribution is 5.40. The fourth-order valence-corrected chi connectivity index (χ4v) is 1.16. The summed E-state index contributed by atoms with van der Waals surface area (Å²) in [5, 5.41) is 3.09. The molecule has 1 N–H and O–H groups in total. The molecule has 0 aromatic carbocycles. The van der Waals surface area contributed by atoms with E-state index in [1.54, 1.807) is 13.2 Å². The molecule has 0 saturated heterocycles. The molecule has 0 aliphatic rings. The summed E-state index contributed by atoms with van der Waals surface area (Å²) in [7, 11) is 1.64. The van der Waals surface area contributed by atoms with Gasteiger partial charge in [0, 0.05) is 38.2 Å². The predicted molar refractivity (Wildman–Crippen MR) is 60.0 cm³/mol. The first-order valence-corrected chi connectivity index (χ1v) is 5.25. The van der Waals surface area contributed by atoms with Crippen LogP contribution in [0.25, 0.3) is 0 Å². The van der Waals surface area contributed by atoms with E-state index in [4.69, 9.17) is 9.47 Å². The largest absolute Gasteiger partial charge is 0.385 e. The normalized spacial score (nSPS) is 10.4. The van der Waals surface area contributed by atoms with Crippen LogP contribution in [0.3, 0.4) is 0 Å². The Bertz CT molecular complexity index is 297. The molecule has 1 aromatic rings. The SMILES string of the molecule is COCCOCCCNc1ccnc(F)c1. The molecule has 1 rings (SSSR count). The second-order valence-electron chi connectivity index (χ2n) is 3.25. The van der Waals surface area contributed by atoms with Crippen LogP contribution in [0.5, 0.6) is 0 Å². The van der Waals surface area contributed by atoms with Gasteiger partial charge in [-0.05, 0) is 12.5 Å². The minimum absolute atomic E-state index is 0.471. The number of methoxy groups -OCH3 is 1. The van der Waals surface area contributed by atoms with Gasteiger partial charge in [0.1, 0.15) is 0 Å². The third-order valence-corrected chi connectivity index (χ3v) is 1.95. The van der Waals surface area contributed by atoms with Crippen molar-refractivity contribution in [2.45, 2.75) is 6.42 Å². The Morgan fingerprint density at radius 3 is 3.00 bits per heavy atom. The molecule has 4 nitrogen and oxygen atoms in total. The fourth-order valence-electron chi connectivity index (χ4n) is 1.16. The van der Waals surface area contributed by atoms with Gasteiger partial charge >= 0.3 is 0 Å². The van der Waals surface area contributed by atoms with Gasteiger partial charge in [-0.25, -0.2) is 4.98 Å². The average molecular weight is 228 g/mol. The van der Waals surface area contributed by atoms with Crippen molar-refractivity contribution < 1.29 is 13.9 Å². The third kappa shape index (κ3) is 5.63. The topological polar surface area (TPSA) is 43.4 Å². The molecule has 0 aliphatic carbocycles. The Hall–Kier alpha value is -1.20. The predicted octanol–water partition coefficient (Wildman–Crippen LogP) is 1.69. The minimum Gasteiger partial charge on any atom is -0.385 e. The molecule has 0 spiro atoms. The number of hydrogen-bond donors (Lipinski definition) is 1. The van der Waals surface area contributed by atoms with Crippen LogP contribution in [0, 0.1) is 5.95 Å². The monoisotopic (exact) mass is 228 g/mol. The molecule has 0 saturated carbocycles. The number of ether oxygens (including phenoxy) is 2. The lowest BCUT2D eigenvalue weighted by Crippen LogP contribution is -2.08. The molecule has 0 unspecified atom stereocenters. The number of nitrogens with one attached hydrogen (secondary N) is 1. The van der Waals surface area contributed by atoms with E-state index in [0.29, 0.717) is 19.8 Å². The zero-order valence-electron chi connectivity index (χ0n) is 9.41. The summed E-state index contributed by atoms with van der Waals surface area (Å²) in [5.41, 5.74) is 0.740.